The van der Waals surface area contributed by atoms with E-state index in [0.717, 1.165) is 25.7 Å². The minimum atomic E-state index is -0.470. The van der Waals surface area contributed by atoms with E-state index in [1.165, 1.54) is 12.0 Å². The number of rotatable bonds is 1. The van der Waals surface area contributed by atoms with E-state index in [1.807, 2.05) is 0 Å². The Morgan fingerprint density at radius 3 is 2.65 bits per heavy atom. The highest BCUT2D eigenvalue weighted by molar-refractivity contribution is 5.20. The Morgan fingerprint density at radius 1 is 1.22 bits per heavy atom. The van der Waals surface area contributed by atoms with E-state index in [0.29, 0.717) is 23.7 Å². The van der Waals surface area contributed by atoms with Crippen LogP contribution in [0.1, 0.15) is 59.8 Å². The van der Waals surface area contributed by atoms with Gasteiger partial charge in [-0.1, -0.05) is 26.0 Å². The van der Waals surface area contributed by atoms with Gasteiger partial charge in [0, 0.05) is 12.3 Å². The monoisotopic (exact) mass is 320 g/mol. The normalized spacial score (nSPS) is 55.7. The first-order chi connectivity index (χ1) is 10.8. The lowest BCUT2D eigenvalue weighted by atomic mass is 9.59. The molecule has 23 heavy (non-hydrogen) atoms. The first-order valence-electron chi connectivity index (χ1n) is 9.46. The van der Waals surface area contributed by atoms with Crippen molar-refractivity contribution in [2.75, 3.05) is 0 Å². The molecule has 0 amide bonds. The van der Waals surface area contributed by atoms with Gasteiger partial charge in [-0.15, -0.1) is 0 Å². The lowest BCUT2D eigenvalue weighted by Gasteiger charge is -2.53. The van der Waals surface area contributed by atoms with Gasteiger partial charge in [0.15, 0.2) is 0 Å². The first-order valence-corrected chi connectivity index (χ1v) is 9.46. The van der Waals surface area contributed by atoms with E-state index in [4.69, 9.17) is 9.47 Å². The Morgan fingerprint density at radius 2 is 1.96 bits per heavy atom. The van der Waals surface area contributed by atoms with Gasteiger partial charge in [-0.05, 0) is 57.3 Å². The smallest absolute Gasteiger partial charge is 0.0945 e. The molecule has 3 nitrogen and oxygen atoms in total. The molecule has 4 fully saturated rings. The van der Waals surface area contributed by atoms with Crippen molar-refractivity contribution in [1.29, 1.82) is 0 Å². The summed E-state index contributed by atoms with van der Waals surface area (Å²) < 4.78 is 13.2. The van der Waals surface area contributed by atoms with Crippen LogP contribution < -0.4 is 0 Å². The summed E-state index contributed by atoms with van der Waals surface area (Å²) in [5.41, 5.74) is 0.635. The van der Waals surface area contributed by atoms with Crippen molar-refractivity contribution in [3.8, 4) is 0 Å². The molecular weight excluding hydrogens is 288 g/mol. The fraction of sp³-hybridized carbons (Fsp3) is 0.900. The second kappa shape index (κ2) is 5.06. The molecule has 3 heteroatoms. The van der Waals surface area contributed by atoms with Crippen LogP contribution in [0.25, 0.3) is 0 Å². The van der Waals surface area contributed by atoms with E-state index in [2.05, 4.69) is 34.3 Å². The van der Waals surface area contributed by atoms with E-state index in [1.54, 1.807) is 0 Å². The third-order valence-corrected chi connectivity index (χ3v) is 7.40. The number of ether oxygens (including phenoxy) is 2. The second-order valence-corrected chi connectivity index (χ2v) is 9.29. The molecule has 130 valence electrons. The Hall–Kier alpha value is -0.380. The molecular formula is C20H32O3. The SMILES string of the molecule is C=C1CC[C@H](C(C)C)[C@@H]2[C@H]1[C@@H]1C[C@@]3(C)O[C@](C)(CC[C@@H]3O)[C@H]2O1. The van der Waals surface area contributed by atoms with Gasteiger partial charge in [-0.25, -0.2) is 0 Å². The Kier molecular flexibility index (Phi) is 3.54. The van der Waals surface area contributed by atoms with Crippen LogP contribution in [0.5, 0.6) is 0 Å². The molecule has 8 atom stereocenters. The summed E-state index contributed by atoms with van der Waals surface area (Å²) in [6.07, 6.45) is 4.81. The zero-order chi connectivity index (χ0) is 16.6. The predicted molar refractivity (Wildman–Crippen MR) is 90.1 cm³/mol. The number of fused-ring (bicyclic) bond motifs is 8. The van der Waals surface area contributed by atoms with Gasteiger partial charge in [0.25, 0.3) is 0 Å². The molecule has 0 aromatic carbocycles. The summed E-state index contributed by atoms with van der Waals surface area (Å²) in [4.78, 5) is 0. The Bertz CT molecular complexity index is 515. The lowest BCUT2D eigenvalue weighted by molar-refractivity contribution is -0.245. The van der Waals surface area contributed by atoms with Gasteiger partial charge < -0.3 is 14.6 Å². The fourth-order valence-electron chi connectivity index (χ4n) is 6.20. The van der Waals surface area contributed by atoms with Crippen LogP contribution in [0.3, 0.4) is 0 Å². The minimum absolute atomic E-state index is 0.149. The molecule has 1 aliphatic carbocycles. The maximum absolute atomic E-state index is 10.5. The maximum atomic E-state index is 10.5. The van der Waals surface area contributed by atoms with Crippen LogP contribution in [-0.4, -0.2) is 34.6 Å². The third-order valence-electron chi connectivity index (χ3n) is 7.40. The summed E-state index contributed by atoms with van der Waals surface area (Å²) in [6.45, 7) is 13.4. The van der Waals surface area contributed by atoms with Crippen LogP contribution in [0.4, 0.5) is 0 Å². The van der Waals surface area contributed by atoms with Crippen molar-refractivity contribution >= 4 is 0 Å². The highest BCUT2D eigenvalue weighted by Crippen LogP contribution is 2.59. The molecule has 4 rings (SSSR count). The van der Waals surface area contributed by atoms with Crippen molar-refractivity contribution in [3.63, 3.8) is 0 Å². The topological polar surface area (TPSA) is 38.7 Å². The summed E-state index contributed by atoms with van der Waals surface area (Å²) in [7, 11) is 0. The summed E-state index contributed by atoms with van der Waals surface area (Å²) in [5, 5.41) is 10.5. The molecule has 0 aromatic heterocycles. The summed E-state index contributed by atoms with van der Waals surface area (Å²) in [5.74, 6) is 2.35. The average Bonchev–Trinajstić information content (AvgIpc) is 2.79. The van der Waals surface area contributed by atoms with Crippen LogP contribution in [-0.2, 0) is 9.47 Å². The van der Waals surface area contributed by atoms with Gasteiger partial charge in [0.05, 0.1) is 29.5 Å². The maximum Gasteiger partial charge on any atom is 0.0945 e. The van der Waals surface area contributed by atoms with E-state index in [-0.39, 0.29) is 23.9 Å². The summed E-state index contributed by atoms with van der Waals surface area (Å²) in [6, 6.07) is 0. The Labute approximate surface area is 140 Å². The molecule has 3 heterocycles. The largest absolute Gasteiger partial charge is 0.390 e. The van der Waals surface area contributed by atoms with Crippen molar-refractivity contribution in [2.45, 2.75) is 89.3 Å². The zero-order valence-corrected chi connectivity index (χ0v) is 15.0. The molecule has 0 unspecified atom stereocenters. The van der Waals surface area contributed by atoms with Crippen molar-refractivity contribution in [2.24, 2.45) is 23.7 Å². The van der Waals surface area contributed by atoms with Crippen molar-refractivity contribution in [3.05, 3.63) is 12.2 Å². The lowest BCUT2D eigenvalue weighted by Crippen LogP contribution is -2.60. The van der Waals surface area contributed by atoms with Crippen molar-refractivity contribution in [1.82, 2.24) is 0 Å². The van der Waals surface area contributed by atoms with E-state index >= 15 is 0 Å². The third kappa shape index (κ3) is 2.19. The van der Waals surface area contributed by atoms with E-state index in [9.17, 15) is 5.11 Å². The molecule has 3 saturated heterocycles. The molecule has 4 aliphatic rings. The zero-order valence-electron chi connectivity index (χ0n) is 15.0. The van der Waals surface area contributed by atoms with Gasteiger partial charge >= 0.3 is 0 Å². The second-order valence-electron chi connectivity index (χ2n) is 9.29. The van der Waals surface area contributed by atoms with Crippen LogP contribution >= 0.6 is 0 Å². The predicted octanol–water partition coefficient (Wildman–Crippen LogP) is 3.70. The summed E-state index contributed by atoms with van der Waals surface area (Å²) >= 11 is 0. The van der Waals surface area contributed by atoms with Crippen LogP contribution in [0, 0.1) is 23.7 Å². The standard InChI is InChI=1S/C20H32O3/c1-11(2)13-7-6-12(3)16-14-10-20(5)15(21)8-9-19(4,23-20)18(22-14)17(13)16/h11,13-18,21H,3,6-10H2,1-2,4-5H3/t13-,14+,15+,16-,17-,18+,19-,20-/m1/s1. The highest BCUT2D eigenvalue weighted by atomic mass is 16.6. The molecule has 0 aromatic rings. The molecule has 3 aliphatic heterocycles. The highest BCUT2D eigenvalue weighted by Gasteiger charge is 2.64. The first kappa shape index (κ1) is 16.1. The van der Waals surface area contributed by atoms with Gasteiger partial charge in [-0.2, -0.15) is 0 Å². The number of hydrogen-bond acceptors (Lipinski definition) is 3. The minimum Gasteiger partial charge on any atom is -0.390 e. The molecule has 0 radical (unpaired) electrons. The molecule has 1 saturated carbocycles. The van der Waals surface area contributed by atoms with Gasteiger partial charge in [0.1, 0.15) is 0 Å². The number of hydrogen-bond donors (Lipinski definition) is 1. The van der Waals surface area contributed by atoms with Gasteiger partial charge in [-0.3, -0.25) is 0 Å². The number of aliphatic hydroxyl groups excluding tert-OH is 1. The quantitative estimate of drug-likeness (QED) is 0.749. The molecule has 4 bridgehead atoms. The van der Waals surface area contributed by atoms with Crippen molar-refractivity contribution < 1.29 is 14.6 Å². The molecule has 0 spiro atoms. The number of aliphatic hydroxyl groups is 1. The van der Waals surface area contributed by atoms with Crippen LogP contribution in [0.15, 0.2) is 12.2 Å². The average molecular weight is 320 g/mol. The van der Waals surface area contributed by atoms with Crippen LogP contribution in [0.2, 0.25) is 0 Å². The van der Waals surface area contributed by atoms with E-state index < -0.39 is 5.60 Å². The Balaban J connectivity index is 1.77. The molecule has 1 N–H and O–H groups in total. The van der Waals surface area contributed by atoms with Gasteiger partial charge in [0.2, 0.25) is 0 Å². The fourth-order valence-corrected chi connectivity index (χ4v) is 6.20.